The number of amidine groups is 1. The molecule has 1 aliphatic rings. The first-order valence-electron chi connectivity index (χ1n) is 6.69. The Bertz CT molecular complexity index is 400. The van der Waals surface area contributed by atoms with Gasteiger partial charge in [0.2, 0.25) is 0 Å². The van der Waals surface area contributed by atoms with Gasteiger partial charge in [0.15, 0.2) is 5.17 Å². The number of nitrogens with one attached hydrogen (secondary N) is 1. The largest absolute Gasteiger partial charge is 0.359 e. The van der Waals surface area contributed by atoms with E-state index in [9.17, 15) is 0 Å². The standard InChI is InChI=1S/C14H22N2S2/c1-4-7-11(12-8-6-9-17-12)15-13-16-14(3,5-2)10-18-13/h6,8-9,11H,4-5,7,10H2,1-3H3,(H,15,16). The Labute approximate surface area is 118 Å². The molecule has 0 bridgehead atoms. The van der Waals surface area contributed by atoms with Crippen LogP contribution in [-0.4, -0.2) is 16.5 Å². The van der Waals surface area contributed by atoms with Crippen LogP contribution in [-0.2, 0) is 0 Å². The average Bonchev–Trinajstić information content (AvgIpc) is 2.99. The van der Waals surface area contributed by atoms with Crippen LogP contribution in [0.2, 0.25) is 0 Å². The maximum Gasteiger partial charge on any atom is 0.157 e. The molecule has 4 heteroatoms. The Morgan fingerprint density at radius 1 is 1.50 bits per heavy atom. The van der Waals surface area contributed by atoms with E-state index in [2.05, 4.69) is 43.6 Å². The van der Waals surface area contributed by atoms with E-state index in [1.54, 1.807) is 0 Å². The van der Waals surface area contributed by atoms with Crippen molar-refractivity contribution in [2.45, 2.75) is 51.6 Å². The summed E-state index contributed by atoms with van der Waals surface area (Å²) in [7, 11) is 0. The predicted octanol–water partition coefficient (Wildman–Crippen LogP) is 4.45. The highest BCUT2D eigenvalue weighted by Gasteiger charge is 2.31. The molecule has 100 valence electrons. The summed E-state index contributed by atoms with van der Waals surface area (Å²) in [5.41, 5.74) is 0.232. The van der Waals surface area contributed by atoms with Gasteiger partial charge in [0.1, 0.15) is 0 Å². The zero-order chi connectivity index (χ0) is 13.0. The molecule has 2 nitrogen and oxygen atoms in total. The molecule has 2 atom stereocenters. The predicted molar refractivity (Wildman–Crippen MR) is 83.7 cm³/mol. The zero-order valence-corrected chi connectivity index (χ0v) is 13.0. The van der Waals surface area contributed by atoms with Crippen molar-refractivity contribution in [3.05, 3.63) is 22.4 Å². The summed E-state index contributed by atoms with van der Waals surface area (Å²) in [6.07, 6.45) is 3.46. The first-order valence-corrected chi connectivity index (χ1v) is 8.55. The van der Waals surface area contributed by atoms with E-state index in [1.165, 1.54) is 11.3 Å². The van der Waals surface area contributed by atoms with E-state index >= 15 is 0 Å². The molecule has 18 heavy (non-hydrogen) atoms. The van der Waals surface area contributed by atoms with Gasteiger partial charge in [-0.2, -0.15) is 0 Å². The molecule has 2 rings (SSSR count). The lowest BCUT2D eigenvalue weighted by molar-refractivity contribution is 0.465. The SMILES string of the molecule is CCCC(N=C1NC(C)(CC)CS1)c1cccs1. The third-order valence-corrected chi connectivity index (χ3v) is 5.66. The minimum Gasteiger partial charge on any atom is -0.359 e. The minimum atomic E-state index is 0.232. The number of thiophene rings is 1. The first kappa shape index (κ1) is 13.9. The molecule has 1 aromatic rings. The second-order valence-electron chi connectivity index (χ2n) is 5.08. The van der Waals surface area contributed by atoms with Crippen LogP contribution in [0.25, 0.3) is 0 Å². The van der Waals surface area contributed by atoms with Gasteiger partial charge in [-0.05, 0) is 31.2 Å². The molecule has 0 spiro atoms. The Hall–Kier alpha value is -0.480. The van der Waals surface area contributed by atoms with Crippen molar-refractivity contribution >= 4 is 28.3 Å². The van der Waals surface area contributed by atoms with Crippen LogP contribution in [0.1, 0.15) is 51.0 Å². The third-order valence-electron chi connectivity index (χ3n) is 3.42. The molecule has 0 radical (unpaired) electrons. The number of rotatable bonds is 5. The summed E-state index contributed by atoms with van der Waals surface area (Å²) >= 11 is 3.68. The molecular weight excluding hydrogens is 260 g/mol. The summed E-state index contributed by atoms with van der Waals surface area (Å²) < 4.78 is 0. The lowest BCUT2D eigenvalue weighted by Crippen LogP contribution is -2.39. The number of aliphatic imine (C=N–C) groups is 1. The molecule has 1 aromatic heterocycles. The highest BCUT2D eigenvalue weighted by Crippen LogP contribution is 2.31. The van der Waals surface area contributed by atoms with Crippen LogP contribution in [0, 0.1) is 0 Å². The van der Waals surface area contributed by atoms with Crippen molar-refractivity contribution < 1.29 is 0 Å². The molecule has 1 aliphatic heterocycles. The molecule has 0 amide bonds. The molecule has 1 fully saturated rings. The van der Waals surface area contributed by atoms with E-state index in [0.717, 1.165) is 23.8 Å². The third kappa shape index (κ3) is 3.29. The Kier molecular flexibility index (Phi) is 4.73. The van der Waals surface area contributed by atoms with Gasteiger partial charge in [0.25, 0.3) is 0 Å². The lowest BCUT2D eigenvalue weighted by Gasteiger charge is -2.21. The highest BCUT2D eigenvalue weighted by atomic mass is 32.2. The summed E-state index contributed by atoms with van der Waals surface area (Å²) in [5, 5.41) is 6.86. The fraction of sp³-hybridized carbons (Fsp3) is 0.643. The lowest BCUT2D eigenvalue weighted by atomic mass is 10.0. The van der Waals surface area contributed by atoms with Gasteiger partial charge >= 0.3 is 0 Å². The average molecular weight is 282 g/mol. The van der Waals surface area contributed by atoms with Crippen LogP contribution >= 0.6 is 23.1 Å². The number of thioether (sulfide) groups is 1. The Morgan fingerprint density at radius 2 is 2.33 bits per heavy atom. The van der Waals surface area contributed by atoms with E-state index in [-0.39, 0.29) is 5.54 Å². The molecule has 2 unspecified atom stereocenters. The fourth-order valence-electron chi connectivity index (χ4n) is 1.98. The van der Waals surface area contributed by atoms with E-state index in [0.29, 0.717) is 6.04 Å². The van der Waals surface area contributed by atoms with Crippen molar-refractivity contribution in [1.29, 1.82) is 0 Å². The molecule has 1 N–H and O–H groups in total. The van der Waals surface area contributed by atoms with E-state index in [4.69, 9.17) is 4.99 Å². The van der Waals surface area contributed by atoms with Crippen LogP contribution < -0.4 is 5.32 Å². The highest BCUT2D eigenvalue weighted by molar-refractivity contribution is 8.14. The van der Waals surface area contributed by atoms with Gasteiger partial charge in [0, 0.05) is 16.2 Å². The molecular formula is C14H22N2S2. The van der Waals surface area contributed by atoms with Crippen molar-refractivity contribution in [1.82, 2.24) is 5.32 Å². The summed E-state index contributed by atoms with van der Waals surface area (Å²) in [6.45, 7) is 6.74. The molecule has 0 aromatic carbocycles. The van der Waals surface area contributed by atoms with Gasteiger partial charge < -0.3 is 5.32 Å². The maximum absolute atomic E-state index is 4.93. The van der Waals surface area contributed by atoms with Crippen LogP contribution in [0.15, 0.2) is 22.5 Å². The smallest absolute Gasteiger partial charge is 0.157 e. The Balaban J connectivity index is 2.10. The minimum absolute atomic E-state index is 0.232. The number of hydrogen-bond acceptors (Lipinski definition) is 3. The van der Waals surface area contributed by atoms with Gasteiger partial charge in [-0.1, -0.05) is 38.1 Å². The summed E-state index contributed by atoms with van der Waals surface area (Å²) in [5.74, 6) is 1.13. The summed E-state index contributed by atoms with van der Waals surface area (Å²) in [4.78, 5) is 6.32. The monoisotopic (exact) mass is 282 g/mol. The zero-order valence-electron chi connectivity index (χ0n) is 11.4. The molecule has 2 heterocycles. The van der Waals surface area contributed by atoms with Crippen molar-refractivity contribution in [2.24, 2.45) is 4.99 Å². The second-order valence-corrected chi connectivity index (χ2v) is 7.03. The summed E-state index contributed by atoms with van der Waals surface area (Å²) in [6, 6.07) is 4.66. The fourth-order valence-corrected chi connectivity index (χ4v) is 4.04. The van der Waals surface area contributed by atoms with Crippen molar-refractivity contribution in [3.63, 3.8) is 0 Å². The topological polar surface area (TPSA) is 24.4 Å². The molecule has 1 saturated heterocycles. The van der Waals surface area contributed by atoms with Gasteiger partial charge in [0.05, 0.1) is 6.04 Å². The normalized spacial score (nSPS) is 27.4. The second kappa shape index (κ2) is 6.11. The first-order chi connectivity index (χ1) is 8.67. The van der Waals surface area contributed by atoms with Crippen molar-refractivity contribution in [3.8, 4) is 0 Å². The van der Waals surface area contributed by atoms with Crippen LogP contribution in [0.3, 0.4) is 0 Å². The Morgan fingerprint density at radius 3 is 2.89 bits per heavy atom. The van der Waals surface area contributed by atoms with Crippen molar-refractivity contribution in [2.75, 3.05) is 5.75 Å². The van der Waals surface area contributed by atoms with Crippen LogP contribution in [0.5, 0.6) is 0 Å². The quantitative estimate of drug-likeness (QED) is 0.863. The van der Waals surface area contributed by atoms with Crippen LogP contribution in [0.4, 0.5) is 0 Å². The number of nitrogens with zero attached hydrogens (tertiary/aromatic N) is 1. The van der Waals surface area contributed by atoms with Gasteiger partial charge in [-0.25, -0.2) is 0 Å². The van der Waals surface area contributed by atoms with Gasteiger partial charge in [-0.3, -0.25) is 4.99 Å². The van der Waals surface area contributed by atoms with E-state index < -0.39 is 0 Å². The molecule has 0 aliphatic carbocycles. The van der Waals surface area contributed by atoms with Gasteiger partial charge in [-0.15, -0.1) is 11.3 Å². The number of hydrogen-bond donors (Lipinski definition) is 1. The maximum atomic E-state index is 4.93. The van der Waals surface area contributed by atoms with E-state index in [1.807, 2.05) is 23.1 Å². The molecule has 0 saturated carbocycles.